The predicted octanol–water partition coefficient (Wildman–Crippen LogP) is 2.65. The normalized spacial score (nSPS) is 10.1. The van der Waals surface area contributed by atoms with Gasteiger partial charge in [0.15, 0.2) is 0 Å². The highest BCUT2D eigenvalue weighted by atomic mass is 127. The van der Waals surface area contributed by atoms with Crippen LogP contribution in [0.4, 0.5) is 0 Å². The maximum Gasteiger partial charge on any atom is 0.255 e. The molecule has 0 bridgehead atoms. The Kier molecular flexibility index (Phi) is 5.59. The molecule has 4 heteroatoms. The molecular formula is C12H16INO2. The zero-order chi connectivity index (χ0) is 12.0. The van der Waals surface area contributed by atoms with E-state index in [2.05, 4.69) is 27.9 Å². The van der Waals surface area contributed by atoms with Gasteiger partial charge in [-0.1, -0.05) is 34.2 Å². The van der Waals surface area contributed by atoms with Crippen LogP contribution in [0.2, 0.25) is 0 Å². The molecule has 0 radical (unpaired) electrons. The highest BCUT2D eigenvalue weighted by molar-refractivity contribution is 14.1. The predicted molar refractivity (Wildman–Crippen MR) is 73.3 cm³/mol. The van der Waals surface area contributed by atoms with Crippen LogP contribution in [0.1, 0.15) is 28.8 Å². The molecule has 2 N–H and O–H groups in total. The third-order valence-electron chi connectivity index (χ3n) is 2.24. The standard InChI is InChI=1S/C12H16INO2/c1-9-4-5-11(15)10(8-9)12(16)14-7-3-2-6-13/h4-5,8,15H,2-3,6-7H2,1H3,(H,14,16). The quantitative estimate of drug-likeness (QED) is 0.494. The molecule has 3 nitrogen and oxygen atoms in total. The van der Waals surface area contributed by atoms with E-state index in [1.807, 2.05) is 6.92 Å². The van der Waals surface area contributed by atoms with Crippen LogP contribution in [0.25, 0.3) is 0 Å². The molecule has 88 valence electrons. The Bertz CT molecular complexity index is 366. The zero-order valence-electron chi connectivity index (χ0n) is 9.29. The lowest BCUT2D eigenvalue weighted by Crippen LogP contribution is -2.24. The molecule has 1 aromatic carbocycles. The van der Waals surface area contributed by atoms with Crippen molar-refractivity contribution in [2.24, 2.45) is 0 Å². The summed E-state index contributed by atoms with van der Waals surface area (Å²) < 4.78 is 1.10. The third kappa shape index (κ3) is 4.00. The lowest BCUT2D eigenvalue weighted by Gasteiger charge is -2.07. The van der Waals surface area contributed by atoms with Crippen LogP contribution in [0.5, 0.6) is 5.75 Å². The zero-order valence-corrected chi connectivity index (χ0v) is 11.5. The summed E-state index contributed by atoms with van der Waals surface area (Å²) in [6.45, 7) is 2.56. The summed E-state index contributed by atoms with van der Waals surface area (Å²) in [5, 5.41) is 12.3. The molecule has 0 atom stereocenters. The fourth-order valence-corrected chi connectivity index (χ4v) is 1.89. The fraction of sp³-hybridized carbons (Fsp3) is 0.417. The average Bonchev–Trinajstić information content (AvgIpc) is 2.27. The molecule has 0 fully saturated rings. The van der Waals surface area contributed by atoms with Crippen molar-refractivity contribution >= 4 is 28.5 Å². The lowest BCUT2D eigenvalue weighted by atomic mass is 10.1. The van der Waals surface area contributed by atoms with Crippen molar-refractivity contribution in [3.63, 3.8) is 0 Å². The van der Waals surface area contributed by atoms with Gasteiger partial charge in [0, 0.05) is 6.54 Å². The second-order valence-corrected chi connectivity index (χ2v) is 4.75. The number of nitrogens with one attached hydrogen (secondary N) is 1. The third-order valence-corrected chi connectivity index (χ3v) is 3.01. The Balaban J connectivity index is 2.55. The van der Waals surface area contributed by atoms with E-state index < -0.39 is 0 Å². The van der Waals surface area contributed by atoms with E-state index in [9.17, 15) is 9.90 Å². The van der Waals surface area contributed by atoms with Crippen LogP contribution in [0.3, 0.4) is 0 Å². The van der Waals surface area contributed by atoms with E-state index >= 15 is 0 Å². The summed E-state index contributed by atoms with van der Waals surface area (Å²) >= 11 is 2.31. The number of unbranched alkanes of at least 4 members (excludes halogenated alkanes) is 1. The topological polar surface area (TPSA) is 49.3 Å². The Labute approximate surface area is 109 Å². The highest BCUT2D eigenvalue weighted by Crippen LogP contribution is 2.17. The van der Waals surface area contributed by atoms with Gasteiger partial charge in [0.05, 0.1) is 5.56 Å². The molecule has 0 aliphatic heterocycles. The summed E-state index contributed by atoms with van der Waals surface area (Å²) in [7, 11) is 0. The van der Waals surface area contributed by atoms with E-state index in [0.29, 0.717) is 12.1 Å². The van der Waals surface area contributed by atoms with Crippen LogP contribution in [0, 0.1) is 6.92 Å². The molecule has 0 spiro atoms. The first-order valence-corrected chi connectivity index (χ1v) is 6.81. The Hall–Kier alpha value is -0.780. The van der Waals surface area contributed by atoms with Crippen molar-refractivity contribution in [2.45, 2.75) is 19.8 Å². The Morgan fingerprint density at radius 3 is 2.88 bits per heavy atom. The molecule has 1 amide bonds. The van der Waals surface area contributed by atoms with Gasteiger partial charge >= 0.3 is 0 Å². The number of hydrogen-bond acceptors (Lipinski definition) is 2. The molecule has 0 heterocycles. The van der Waals surface area contributed by atoms with E-state index in [4.69, 9.17) is 0 Å². The van der Waals surface area contributed by atoms with Gasteiger partial charge in [0.25, 0.3) is 5.91 Å². The monoisotopic (exact) mass is 333 g/mol. The molecule has 0 saturated carbocycles. The minimum absolute atomic E-state index is 0.0389. The fourth-order valence-electron chi connectivity index (χ4n) is 1.35. The van der Waals surface area contributed by atoms with E-state index in [0.717, 1.165) is 22.8 Å². The largest absolute Gasteiger partial charge is 0.507 e. The van der Waals surface area contributed by atoms with Gasteiger partial charge in [-0.05, 0) is 36.3 Å². The summed E-state index contributed by atoms with van der Waals surface area (Å²) in [6, 6.07) is 5.03. The minimum Gasteiger partial charge on any atom is -0.507 e. The van der Waals surface area contributed by atoms with Crippen molar-refractivity contribution in [2.75, 3.05) is 11.0 Å². The van der Waals surface area contributed by atoms with Gasteiger partial charge < -0.3 is 10.4 Å². The Morgan fingerprint density at radius 1 is 1.44 bits per heavy atom. The van der Waals surface area contributed by atoms with Crippen molar-refractivity contribution < 1.29 is 9.90 Å². The molecular weight excluding hydrogens is 317 g/mol. The molecule has 1 rings (SSSR count). The average molecular weight is 333 g/mol. The summed E-state index contributed by atoms with van der Waals surface area (Å²) in [4.78, 5) is 11.7. The van der Waals surface area contributed by atoms with Crippen LogP contribution >= 0.6 is 22.6 Å². The summed E-state index contributed by atoms with van der Waals surface area (Å²) in [6.07, 6.45) is 2.07. The van der Waals surface area contributed by atoms with Crippen molar-refractivity contribution in [3.8, 4) is 5.75 Å². The van der Waals surface area contributed by atoms with E-state index in [-0.39, 0.29) is 11.7 Å². The SMILES string of the molecule is Cc1ccc(O)c(C(=O)NCCCCI)c1. The van der Waals surface area contributed by atoms with E-state index in [1.165, 1.54) is 0 Å². The number of phenols is 1. The summed E-state index contributed by atoms with van der Waals surface area (Å²) in [5.74, 6) is -0.161. The molecule has 16 heavy (non-hydrogen) atoms. The number of aryl methyl sites for hydroxylation is 1. The van der Waals surface area contributed by atoms with Crippen LogP contribution in [-0.4, -0.2) is 22.0 Å². The van der Waals surface area contributed by atoms with Gasteiger partial charge in [-0.3, -0.25) is 4.79 Å². The maximum absolute atomic E-state index is 11.7. The number of alkyl halides is 1. The number of hydrogen-bond donors (Lipinski definition) is 2. The molecule has 1 aromatic rings. The van der Waals surface area contributed by atoms with Gasteiger partial charge in [0.2, 0.25) is 0 Å². The first kappa shape index (κ1) is 13.3. The molecule has 0 aromatic heterocycles. The smallest absolute Gasteiger partial charge is 0.255 e. The van der Waals surface area contributed by atoms with Crippen LogP contribution < -0.4 is 5.32 Å². The number of rotatable bonds is 5. The first-order chi connectivity index (χ1) is 7.65. The van der Waals surface area contributed by atoms with Crippen molar-refractivity contribution in [1.29, 1.82) is 0 Å². The second-order valence-electron chi connectivity index (χ2n) is 3.67. The number of phenolic OH excluding ortho intramolecular Hbond substituents is 1. The van der Waals surface area contributed by atoms with Crippen molar-refractivity contribution in [3.05, 3.63) is 29.3 Å². The van der Waals surface area contributed by atoms with Crippen LogP contribution in [0.15, 0.2) is 18.2 Å². The van der Waals surface area contributed by atoms with E-state index in [1.54, 1.807) is 18.2 Å². The van der Waals surface area contributed by atoms with Gasteiger partial charge in [-0.2, -0.15) is 0 Å². The number of carbonyl (C=O) groups excluding carboxylic acids is 1. The Morgan fingerprint density at radius 2 is 2.19 bits per heavy atom. The first-order valence-electron chi connectivity index (χ1n) is 5.29. The van der Waals surface area contributed by atoms with Gasteiger partial charge in [-0.25, -0.2) is 0 Å². The van der Waals surface area contributed by atoms with Gasteiger partial charge in [-0.15, -0.1) is 0 Å². The number of benzene rings is 1. The van der Waals surface area contributed by atoms with Crippen LogP contribution in [-0.2, 0) is 0 Å². The molecule has 0 aliphatic carbocycles. The number of aromatic hydroxyl groups is 1. The molecule has 0 aliphatic rings. The lowest BCUT2D eigenvalue weighted by molar-refractivity contribution is 0.0950. The second kappa shape index (κ2) is 6.73. The minimum atomic E-state index is -0.199. The molecule has 0 saturated heterocycles. The number of amides is 1. The summed E-state index contributed by atoms with van der Waals surface area (Å²) in [5.41, 5.74) is 1.32. The van der Waals surface area contributed by atoms with Gasteiger partial charge in [0.1, 0.15) is 5.75 Å². The number of carbonyl (C=O) groups is 1. The highest BCUT2D eigenvalue weighted by Gasteiger charge is 2.09. The number of halogens is 1. The maximum atomic E-state index is 11.7. The van der Waals surface area contributed by atoms with Crippen molar-refractivity contribution in [1.82, 2.24) is 5.32 Å². The molecule has 0 unspecified atom stereocenters.